The highest BCUT2D eigenvalue weighted by Gasteiger charge is 2.16. The van der Waals surface area contributed by atoms with Crippen molar-refractivity contribution in [2.24, 2.45) is 0 Å². The maximum absolute atomic E-state index is 5.18. The third-order valence-electron chi connectivity index (χ3n) is 9.95. The van der Waals surface area contributed by atoms with Gasteiger partial charge in [0.1, 0.15) is 0 Å². The molecule has 4 heteroatoms. The molecule has 0 atom stereocenters. The molecule has 0 amide bonds. The summed E-state index contributed by atoms with van der Waals surface area (Å²) in [6.45, 7) is 0. The first-order valence-corrected chi connectivity index (χ1v) is 18.6. The summed E-state index contributed by atoms with van der Waals surface area (Å²) in [7, 11) is 0. The van der Waals surface area contributed by atoms with Crippen molar-refractivity contribution in [3.63, 3.8) is 0 Å². The summed E-state index contributed by atoms with van der Waals surface area (Å²) in [4.78, 5) is 15.3. The van der Waals surface area contributed by atoms with Crippen LogP contribution in [0.15, 0.2) is 188 Å². The van der Waals surface area contributed by atoms with Gasteiger partial charge in [-0.05, 0) is 68.4 Å². The lowest BCUT2D eigenvalue weighted by molar-refractivity contribution is 1.08. The topological polar surface area (TPSA) is 38.7 Å². The monoisotopic (exact) mass is 693 g/mol. The summed E-state index contributed by atoms with van der Waals surface area (Å²) in [6.07, 6.45) is 0. The molecule has 53 heavy (non-hydrogen) atoms. The molecule has 3 nitrogen and oxygen atoms in total. The second kappa shape index (κ2) is 13.1. The van der Waals surface area contributed by atoms with Crippen LogP contribution < -0.4 is 0 Å². The van der Waals surface area contributed by atoms with Crippen LogP contribution in [0.4, 0.5) is 0 Å². The van der Waals surface area contributed by atoms with Crippen molar-refractivity contribution in [3.8, 4) is 67.5 Å². The molecule has 10 aromatic rings. The van der Waals surface area contributed by atoms with Crippen molar-refractivity contribution in [2.75, 3.05) is 0 Å². The normalized spacial score (nSPS) is 11.4. The molecular weight excluding hydrogens is 663 g/mol. The van der Waals surface area contributed by atoms with E-state index in [2.05, 4.69) is 170 Å². The maximum atomic E-state index is 5.18. The Bertz CT molecular complexity index is 2940. The number of nitrogens with zero attached hydrogens (tertiary/aromatic N) is 3. The van der Waals surface area contributed by atoms with Crippen LogP contribution in [-0.4, -0.2) is 15.0 Å². The smallest absolute Gasteiger partial charge is 0.164 e. The van der Waals surface area contributed by atoms with Crippen LogP contribution in [0.1, 0.15) is 0 Å². The lowest BCUT2D eigenvalue weighted by atomic mass is 9.95. The molecule has 10 rings (SSSR count). The van der Waals surface area contributed by atoms with Gasteiger partial charge in [0.2, 0.25) is 0 Å². The predicted octanol–water partition coefficient (Wildman–Crippen LogP) is 13.4. The largest absolute Gasteiger partial charge is 0.208 e. The zero-order valence-corrected chi connectivity index (χ0v) is 29.5. The van der Waals surface area contributed by atoms with Crippen molar-refractivity contribution in [3.05, 3.63) is 188 Å². The van der Waals surface area contributed by atoms with E-state index >= 15 is 0 Å². The Morgan fingerprint density at radius 2 is 0.792 bits per heavy atom. The van der Waals surface area contributed by atoms with Crippen LogP contribution in [-0.2, 0) is 0 Å². The van der Waals surface area contributed by atoms with Gasteiger partial charge in [-0.15, -0.1) is 11.3 Å². The Balaban J connectivity index is 1.08. The molecule has 2 heterocycles. The highest BCUT2D eigenvalue weighted by molar-refractivity contribution is 7.25. The lowest BCUT2D eigenvalue weighted by Gasteiger charge is -2.13. The van der Waals surface area contributed by atoms with Crippen LogP contribution in [0.2, 0.25) is 0 Å². The highest BCUT2D eigenvalue weighted by Crippen LogP contribution is 2.39. The average Bonchev–Trinajstić information content (AvgIpc) is 3.61. The minimum absolute atomic E-state index is 0.642. The van der Waals surface area contributed by atoms with Crippen LogP contribution in [0.5, 0.6) is 0 Å². The van der Waals surface area contributed by atoms with Crippen LogP contribution in [0.3, 0.4) is 0 Å². The Labute approximate surface area is 311 Å². The zero-order valence-electron chi connectivity index (χ0n) is 28.6. The van der Waals surface area contributed by atoms with Gasteiger partial charge in [-0.2, -0.15) is 0 Å². The van der Waals surface area contributed by atoms with Gasteiger partial charge < -0.3 is 0 Å². The van der Waals surface area contributed by atoms with E-state index in [4.69, 9.17) is 15.0 Å². The summed E-state index contributed by atoms with van der Waals surface area (Å²) in [5.41, 5.74) is 9.98. The number of fused-ring (bicyclic) bond motifs is 4. The van der Waals surface area contributed by atoms with Gasteiger partial charge in [0.25, 0.3) is 0 Å². The molecule has 0 fully saturated rings. The van der Waals surface area contributed by atoms with E-state index < -0.39 is 0 Å². The molecule has 0 spiro atoms. The first-order valence-electron chi connectivity index (χ1n) is 17.8. The quantitative estimate of drug-likeness (QED) is 0.174. The molecule has 0 saturated heterocycles. The van der Waals surface area contributed by atoms with E-state index in [9.17, 15) is 0 Å². The number of hydrogen-bond acceptors (Lipinski definition) is 4. The van der Waals surface area contributed by atoms with Gasteiger partial charge in [0, 0.05) is 36.9 Å². The molecule has 0 radical (unpaired) electrons. The van der Waals surface area contributed by atoms with Gasteiger partial charge in [0.15, 0.2) is 17.5 Å². The van der Waals surface area contributed by atoms with Crippen molar-refractivity contribution >= 4 is 42.3 Å². The van der Waals surface area contributed by atoms with E-state index in [1.54, 1.807) is 0 Å². The van der Waals surface area contributed by atoms with Crippen LogP contribution in [0, 0.1) is 0 Å². The second-order valence-corrected chi connectivity index (χ2v) is 14.3. The molecule has 0 aliphatic carbocycles. The van der Waals surface area contributed by atoms with Gasteiger partial charge in [-0.3, -0.25) is 0 Å². The van der Waals surface area contributed by atoms with Crippen molar-refractivity contribution in [2.45, 2.75) is 0 Å². The van der Waals surface area contributed by atoms with Gasteiger partial charge in [-0.25, -0.2) is 15.0 Å². The van der Waals surface area contributed by atoms with Crippen molar-refractivity contribution < 1.29 is 0 Å². The maximum Gasteiger partial charge on any atom is 0.164 e. The SMILES string of the molecule is c1ccc(-c2ccc3sc4cc(-c5cccc(-c6nc(-c7ccccc7)nc(-c7cccc8c(-c9ccccc9)cccc78)n6)c5)ccc4c3c2)cc1. The van der Waals surface area contributed by atoms with E-state index in [0.717, 1.165) is 38.6 Å². The summed E-state index contributed by atoms with van der Waals surface area (Å²) in [6, 6.07) is 66.3. The van der Waals surface area contributed by atoms with E-state index in [1.165, 1.54) is 42.4 Å². The molecule has 248 valence electrons. The third kappa shape index (κ3) is 5.76. The summed E-state index contributed by atoms with van der Waals surface area (Å²) in [5, 5.41) is 4.84. The van der Waals surface area contributed by atoms with E-state index in [-0.39, 0.29) is 0 Å². The van der Waals surface area contributed by atoms with Crippen molar-refractivity contribution in [1.29, 1.82) is 0 Å². The van der Waals surface area contributed by atoms with Crippen molar-refractivity contribution in [1.82, 2.24) is 15.0 Å². The number of hydrogen-bond donors (Lipinski definition) is 0. The first-order chi connectivity index (χ1) is 26.2. The fraction of sp³-hybridized carbons (Fsp3) is 0. The number of benzene rings is 8. The molecule has 0 unspecified atom stereocenters. The van der Waals surface area contributed by atoms with Crippen LogP contribution >= 0.6 is 11.3 Å². The highest BCUT2D eigenvalue weighted by atomic mass is 32.1. The number of thiophene rings is 1. The Morgan fingerprint density at radius 3 is 1.55 bits per heavy atom. The van der Waals surface area contributed by atoms with Gasteiger partial charge >= 0.3 is 0 Å². The molecule has 2 aromatic heterocycles. The van der Waals surface area contributed by atoms with E-state index in [0.29, 0.717) is 17.5 Å². The molecule has 0 bridgehead atoms. The second-order valence-electron chi connectivity index (χ2n) is 13.2. The fourth-order valence-electron chi connectivity index (χ4n) is 7.32. The standard InChI is InChI=1S/C49H31N3S/c1-4-13-32(14-5-1)36-26-28-45-44(30-36)42-27-25-37(31-46(42)53-45)35-19-10-20-38(29-35)48-50-47(34-17-8-3-9-18-34)51-49(52-48)43-24-12-22-40-39(21-11-23-41(40)43)33-15-6-2-7-16-33/h1-31H. The Hall–Kier alpha value is -6.75. The molecule has 0 N–H and O–H groups in total. The summed E-state index contributed by atoms with van der Waals surface area (Å²) in [5.74, 6) is 1.94. The van der Waals surface area contributed by atoms with Gasteiger partial charge in [-0.1, -0.05) is 164 Å². The average molecular weight is 694 g/mol. The van der Waals surface area contributed by atoms with E-state index in [1.807, 2.05) is 29.5 Å². The predicted molar refractivity (Wildman–Crippen MR) is 223 cm³/mol. The summed E-state index contributed by atoms with van der Waals surface area (Å²) < 4.78 is 2.56. The van der Waals surface area contributed by atoms with Crippen LogP contribution in [0.25, 0.3) is 98.5 Å². The minimum Gasteiger partial charge on any atom is -0.208 e. The molecular formula is C49H31N3S. The lowest BCUT2D eigenvalue weighted by Crippen LogP contribution is -2.00. The number of rotatable bonds is 6. The zero-order chi connectivity index (χ0) is 35.1. The molecule has 0 aliphatic heterocycles. The minimum atomic E-state index is 0.642. The molecule has 0 aliphatic rings. The Morgan fingerprint density at radius 1 is 0.264 bits per heavy atom. The first kappa shape index (κ1) is 31.0. The number of aromatic nitrogens is 3. The molecule has 0 saturated carbocycles. The Kier molecular flexibility index (Phi) is 7.67. The summed E-state index contributed by atoms with van der Waals surface area (Å²) >= 11 is 1.84. The fourth-order valence-corrected chi connectivity index (χ4v) is 8.45. The molecule has 8 aromatic carbocycles. The van der Waals surface area contributed by atoms with Gasteiger partial charge in [0.05, 0.1) is 0 Å². The third-order valence-corrected chi connectivity index (χ3v) is 11.1.